The number of hydrogen-bond donors (Lipinski definition) is 1. The van der Waals surface area contributed by atoms with E-state index in [0.717, 1.165) is 19.6 Å². The lowest BCUT2D eigenvalue weighted by Crippen LogP contribution is -2.34. The van der Waals surface area contributed by atoms with Crippen LogP contribution in [0.4, 0.5) is 5.69 Å². The van der Waals surface area contributed by atoms with Gasteiger partial charge in [-0.1, -0.05) is 12.1 Å². The second kappa shape index (κ2) is 4.46. The summed E-state index contributed by atoms with van der Waals surface area (Å²) in [4.78, 5) is 2.45. The molecule has 2 heteroatoms. The van der Waals surface area contributed by atoms with E-state index in [1.807, 2.05) is 0 Å². The van der Waals surface area contributed by atoms with Gasteiger partial charge in [0.25, 0.3) is 0 Å². The van der Waals surface area contributed by atoms with Crippen molar-refractivity contribution in [1.29, 1.82) is 0 Å². The molecule has 2 rings (SSSR count). The van der Waals surface area contributed by atoms with Gasteiger partial charge in [-0.05, 0) is 50.9 Å². The molecule has 1 fully saturated rings. The number of anilines is 1. The minimum atomic E-state index is 0.416. The van der Waals surface area contributed by atoms with Crippen LogP contribution in [0.5, 0.6) is 0 Å². The Hall–Kier alpha value is -1.02. The van der Waals surface area contributed by atoms with Crippen molar-refractivity contribution >= 4 is 5.69 Å². The van der Waals surface area contributed by atoms with Gasteiger partial charge in [0, 0.05) is 24.2 Å². The van der Waals surface area contributed by atoms with Crippen LogP contribution < -0.4 is 10.6 Å². The first-order chi connectivity index (χ1) is 7.69. The zero-order valence-electron chi connectivity index (χ0n) is 10.4. The summed E-state index contributed by atoms with van der Waals surface area (Å²) in [6, 6.07) is 8.74. The molecule has 88 valence electrons. The molecule has 0 saturated heterocycles. The first kappa shape index (κ1) is 11.5. The van der Waals surface area contributed by atoms with Crippen LogP contribution in [-0.4, -0.2) is 19.6 Å². The van der Waals surface area contributed by atoms with E-state index in [1.165, 1.54) is 24.1 Å². The van der Waals surface area contributed by atoms with Crippen molar-refractivity contribution in [3.63, 3.8) is 0 Å². The van der Waals surface area contributed by atoms with E-state index in [9.17, 15) is 0 Å². The number of aryl methyl sites for hydroxylation is 1. The monoisotopic (exact) mass is 218 g/mol. The van der Waals surface area contributed by atoms with E-state index in [-0.39, 0.29) is 0 Å². The molecule has 0 aliphatic heterocycles. The molecule has 1 saturated carbocycles. The second-order valence-corrected chi connectivity index (χ2v) is 5.06. The highest BCUT2D eigenvalue weighted by Crippen LogP contribution is 2.45. The molecular formula is C14H22N2. The summed E-state index contributed by atoms with van der Waals surface area (Å²) in [6.07, 6.45) is 2.59. The maximum Gasteiger partial charge on any atom is 0.0368 e. The number of nitrogens with two attached hydrogens (primary N) is 1. The lowest BCUT2D eigenvalue weighted by Gasteiger charge is -2.28. The molecule has 0 heterocycles. The van der Waals surface area contributed by atoms with Crippen LogP contribution in [0.3, 0.4) is 0 Å². The molecule has 1 aliphatic carbocycles. The van der Waals surface area contributed by atoms with Crippen LogP contribution in [0.25, 0.3) is 0 Å². The molecular weight excluding hydrogens is 196 g/mol. The Labute approximate surface area is 98.4 Å². The molecule has 16 heavy (non-hydrogen) atoms. The highest BCUT2D eigenvalue weighted by Gasteiger charge is 2.42. The van der Waals surface area contributed by atoms with Crippen molar-refractivity contribution in [3.05, 3.63) is 29.8 Å². The Morgan fingerprint density at radius 3 is 2.62 bits per heavy atom. The molecule has 2 nitrogen and oxygen atoms in total. The summed E-state index contributed by atoms with van der Waals surface area (Å²) < 4.78 is 0. The Kier molecular flexibility index (Phi) is 3.20. The first-order valence-corrected chi connectivity index (χ1v) is 6.21. The Bertz CT molecular complexity index is 356. The smallest absolute Gasteiger partial charge is 0.0368 e. The SMILES string of the molecule is CCN(CC1(CN)CC1)c1cccc(C)c1. The van der Waals surface area contributed by atoms with Gasteiger partial charge in [0.2, 0.25) is 0 Å². The van der Waals surface area contributed by atoms with Crippen LogP contribution in [0, 0.1) is 12.3 Å². The number of hydrogen-bond acceptors (Lipinski definition) is 2. The van der Waals surface area contributed by atoms with Crippen LogP contribution in [-0.2, 0) is 0 Å². The fraction of sp³-hybridized carbons (Fsp3) is 0.571. The van der Waals surface area contributed by atoms with Gasteiger partial charge < -0.3 is 10.6 Å². The van der Waals surface area contributed by atoms with Crippen molar-refractivity contribution in [2.75, 3.05) is 24.5 Å². The van der Waals surface area contributed by atoms with Crippen molar-refractivity contribution in [2.24, 2.45) is 11.1 Å². The van der Waals surface area contributed by atoms with Gasteiger partial charge in [0.15, 0.2) is 0 Å². The predicted molar refractivity (Wildman–Crippen MR) is 69.8 cm³/mol. The van der Waals surface area contributed by atoms with Gasteiger partial charge in [0.05, 0.1) is 0 Å². The van der Waals surface area contributed by atoms with E-state index in [2.05, 4.69) is 43.0 Å². The third kappa shape index (κ3) is 2.38. The molecule has 0 bridgehead atoms. The average Bonchev–Trinajstić information content (AvgIpc) is 3.06. The molecule has 1 aromatic carbocycles. The third-order valence-corrected chi connectivity index (χ3v) is 3.66. The molecule has 2 N–H and O–H groups in total. The largest absolute Gasteiger partial charge is 0.371 e. The quantitative estimate of drug-likeness (QED) is 0.823. The standard InChI is InChI=1S/C14H22N2/c1-3-16(11-14(10-15)7-8-14)13-6-4-5-12(2)9-13/h4-6,9H,3,7-8,10-11,15H2,1-2H3. The summed E-state index contributed by atoms with van der Waals surface area (Å²) in [7, 11) is 0. The Balaban J connectivity index is 2.10. The Morgan fingerprint density at radius 1 is 1.38 bits per heavy atom. The summed E-state index contributed by atoms with van der Waals surface area (Å²) >= 11 is 0. The topological polar surface area (TPSA) is 29.3 Å². The van der Waals surface area contributed by atoms with Crippen LogP contribution in [0.1, 0.15) is 25.3 Å². The van der Waals surface area contributed by atoms with E-state index in [1.54, 1.807) is 0 Å². The predicted octanol–water partition coefficient (Wildman–Crippen LogP) is 2.56. The van der Waals surface area contributed by atoms with E-state index in [4.69, 9.17) is 5.73 Å². The third-order valence-electron chi connectivity index (χ3n) is 3.66. The lowest BCUT2D eigenvalue weighted by molar-refractivity contribution is 0.513. The van der Waals surface area contributed by atoms with Gasteiger partial charge in [-0.15, -0.1) is 0 Å². The van der Waals surface area contributed by atoms with E-state index in [0.29, 0.717) is 5.41 Å². The molecule has 0 aromatic heterocycles. The normalized spacial score (nSPS) is 17.2. The molecule has 1 aromatic rings. The molecule has 0 radical (unpaired) electrons. The maximum absolute atomic E-state index is 5.85. The van der Waals surface area contributed by atoms with E-state index < -0.39 is 0 Å². The van der Waals surface area contributed by atoms with Crippen LogP contribution in [0.15, 0.2) is 24.3 Å². The fourth-order valence-electron chi connectivity index (χ4n) is 2.22. The van der Waals surface area contributed by atoms with Crippen molar-refractivity contribution in [3.8, 4) is 0 Å². The summed E-state index contributed by atoms with van der Waals surface area (Å²) in [5, 5.41) is 0. The number of rotatable bonds is 5. The summed E-state index contributed by atoms with van der Waals surface area (Å²) in [6.45, 7) is 7.37. The van der Waals surface area contributed by atoms with Gasteiger partial charge >= 0.3 is 0 Å². The molecule has 0 unspecified atom stereocenters. The molecule has 0 atom stereocenters. The summed E-state index contributed by atoms with van der Waals surface area (Å²) in [5.74, 6) is 0. The molecule has 1 aliphatic rings. The Morgan fingerprint density at radius 2 is 2.12 bits per heavy atom. The number of nitrogens with zero attached hydrogens (tertiary/aromatic N) is 1. The van der Waals surface area contributed by atoms with Crippen LogP contribution in [0.2, 0.25) is 0 Å². The zero-order valence-corrected chi connectivity index (χ0v) is 10.4. The van der Waals surface area contributed by atoms with Gasteiger partial charge in [0.1, 0.15) is 0 Å². The van der Waals surface area contributed by atoms with Crippen molar-refractivity contribution in [2.45, 2.75) is 26.7 Å². The zero-order chi connectivity index (χ0) is 11.6. The fourth-order valence-corrected chi connectivity index (χ4v) is 2.22. The average molecular weight is 218 g/mol. The van der Waals surface area contributed by atoms with Gasteiger partial charge in [-0.25, -0.2) is 0 Å². The molecule has 0 spiro atoms. The minimum Gasteiger partial charge on any atom is -0.371 e. The van der Waals surface area contributed by atoms with Crippen molar-refractivity contribution < 1.29 is 0 Å². The maximum atomic E-state index is 5.85. The highest BCUT2D eigenvalue weighted by molar-refractivity contribution is 5.48. The minimum absolute atomic E-state index is 0.416. The molecule has 0 amide bonds. The number of benzene rings is 1. The highest BCUT2D eigenvalue weighted by atomic mass is 15.1. The summed E-state index contributed by atoms with van der Waals surface area (Å²) in [5.41, 5.74) is 8.93. The van der Waals surface area contributed by atoms with Crippen molar-refractivity contribution in [1.82, 2.24) is 0 Å². The van der Waals surface area contributed by atoms with Gasteiger partial charge in [-0.2, -0.15) is 0 Å². The van der Waals surface area contributed by atoms with Gasteiger partial charge in [-0.3, -0.25) is 0 Å². The van der Waals surface area contributed by atoms with E-state index >= 15 is 0 Å². The first-order valence-electron chi connectivity index (χ1n) is 6.21. The van der Waals surface area contributed by atoms with Crippen LogP contribution >= 0.6 is 0 Å². The lowest BCUT2D eigenvalue weighted by atomic mass is 10.1. The second-order valence-electron chi connectivity index (χ2n) is 5.06.